The molecule has 4 N–H and O–H groups in total. The number of nitrogens with two attached hydrogens (primary N) is 1. The molecule has 1 aromatic carbocycles. The van der Waals surface area contributed by atoms with E-state index in [9.17, 15) is 9.59 Å². The summed E-state index contributed by atoms with van der Waals surface area (Å²) in [7, 11) is 0. The number of carbonyl (C=O) groups is 2. The van der Waals surface area contributed by atoms with Gasteiger partial charge in [0, 0.05) is 17.8 Å². The maximum atomic E-state index is 11.6. The highest BCUT2D eigenvalue weighted by molar-refractivity contribution is 5.97. The van der Waals surface area contributed by atoms with E-state index in [0.29, 0.717) is 17.8 Å². The molecular formula is C12H18ClN3O2. The number of carbonyl (C=O) groups excluding carboxylic acids is 2. The Bertz CT molecular complexity index is 410. The van der Waals surface area contributed by atoms with E-state index in [1.54, 1.807) is 24.3 Å². The first-order valence-corrected chi connectivity index (χ1v) is 5.54. The van der Waals surface area contributed by atoms with Crippen LogP contribution in [-0.2, 0) is 4.79 Å². The SMILES string of the molecule is CCCNC(=O)CNC(=O)c1cccc(N)c1.Cl. The molecule has 0 aromatic heterocycles. The largest absolute Gasteiger partial charge is 0.399 e. The van der Waals surface area contributed by atoms with Crippen LogP contribution in [0, 0.1) is 0 Å². The van der Waals surface area contributed by atoms with Crippen LogP contribution in [-0.4, -0.2) is 24.9 Å². The van der Waals surface area contributed by atoms with Crippen LogP contribution in [0.5, 0.6) is 0 Å². The Morgan fingerprint density at radius 2 is 2.00 bits per heavy atom. The quantitative estimate of drug-likeness (QED) is 0.697. The summed E-state index contributed by atoms with van der Waals surface area (Å²) in [6, 6.07) is 6.61. The highest BCUT2D eigenvalue weighted by Gasteiger charge is 2.07. The lowest BCUT2D eigenvalue weighted by atomic mass is 10.2. The molecule has 0 heterocycles. The van der Waals surface area contributed by atoms with E-state index in [-0.39, 0.29) is 30.8 Å². The van der Waals surface area contributed by atoms with E-state index in [2.05, 4.69) is 10.6 Å². The van der Waals surface area contributed by atoms with Crippen molar-refractivity contribution in [3.05, 3.63) is 29.8 Å². The number of rotatable bonds is 5. The second-order valence-electron chi connectivity index (χ2n) is 3.66. The fraction of sp³-hybridized carbons (Fsp3) is 0.333. The van der Waals surface area contributed by atoms with Gasteiger partial charge in [0.25, 0.3) is 5.91 Å². The minimum atomic E-state index is -0.302. The summed E-state index contributed by atoms with van der Waals surface area (Å²) in [5.74, 6) is -0.493. The Balaban J connectivity index is 0.00000289. The molecular weight excluding hydrogens is 254 g/mol. The molecule has 0 unspecified atom stereocenters. The highest BCUT2D eigenvalue weighted by Crippen LogP contribution is 2.05. The molecule has 5 nitrogen and oxygen atoms in total. The predicted molar refractivity (Wildman–Crippen MR) is 73.7 cm³/mol. The number of amides is 2. The molecule has 0 bridgehead atoms. The third-order valence-electron chi connectivity index (χ3n) is 2.13. The molecule has 0 aliphatic carbocycles. The van der Waals surface area contributed by atoms with Crippen molar-refractivity contribution in [3.8, 4) is 0 Å². The van der Waals surface area contributed by atoms with Gasteiger partial charge >= 0.3 is 0 Å². The number of anilines is 1. The van der Waals surface area contributed by atoms with Crippen LogP contribution in [0.1, 0.15) is 23.7 Å². The first-order chi connectivity index (χ1) is 8.13. The van der Waals surface area contributed by atoms with E-state index >= 15 is 0 Å². The Morgan fingerprint density at radius 3 is 2.61 bits per heavy atom. The van der Waals surface area contributed by atoms with Gasteiger partial charge in [0.05, 0.1) is 6.54 Å². The first kappa shape index (κ1) is 16.2. The molecule has 0 radical (unpaired) electrons. The molecule has 100 valence electrons. The molecule has 18 heavy (non-hydrogen) atoms. The number of halogens is 1. The molecule has 1 aromatic rings. The molecule has 0 aliphatic rings. The fourth-order valence-corrected chi connectivity index (χ4v) is 1.27. The van der Waals surface area contributed by atoms with Crippen molar-refractivity contribution >= 4 is 29.9 Å². The summed E-state index contributed by atoms with van der Waals surface area (Å²) in [4.78, 5) is 22.9. The fourth-order valence-electron chi connectivity index (χ4n) is 1.27. The minimum Gasteiger partial charge on any atom is -0.399 e. The van der Waals surface area contributed by atoms with Crippen LogP contribution < -0.4 is 16.4 Å². The number of nitrogens with one attached hydrogen (secondary N) is 2. The zero-order valence-corrected chi connectivity index (χ0v) is 11.0. The topological polar surface area (TPSA) is 84.2 Å². The van der Waals surface area contributed by atoms with Crippen LogP contribution >= 0.6 is 12.4 Å². The van der Waals surface area contributed by atoms with Gasteiger partial charge in [-0.25, -0.2) is 0 Å². The van der Waals surface area contributed by atoms with Gasteiger partial charge in [0.15, 0.2) is 0 Å². The molecule has 6 heteroatoms. The normalized spacial score (nSPS) is 9.17. The second kappa shape index (κ2) is 8.36. The van der Waals surface area contributed by atoms with Gasteiger partial charge in [-0.1, -0.05) is 13.0 Å². The van der Waals surface area contributed by atoms with Crippen LogP contribution in [0.15, 0.2) is 24.3 Å². The molecule has 1 rings (SSSR count). The van der Waals surface area contributed by atoms with Gasteiger partial charge in [0.1, 0.15) is 0 Å². The average molecular weight is 272 g/mol. The lowest BCUT2D eigenvalue weighted by Crippen LogP contribution is -2.37. The minimum absolute atomic E-state index is 0. The number of hydrogen-bond acceptors (Lipinski definition) is 3. The second-order valence-corrected chi connectivity index (χ2v) is 3.66. The summed E-state index contributed by atoms with van der Waals surface area (Å²) < 4.78 is 0. The summed E-state index contributed by atoms with van der Waals surface area (Å²) >= 11 is 0. The Kier molecular flexibility index (Phi) is 7.54. The van der Waals surface area contributed by atoms with Crippen LogP contribution in [0.4, 0.5) is 5.69 Å². The monoisotopic (exact) mass is 271 g/mol. The zero-order chi connectivity index (χ0) is 12.7. The summed E-state index contributed by atoms with van der Waals surface area (Å²) in [6.07, 6.45) is 0.870. The van der Waals surface area contributed by atoms with E-state index in [4.69, 9.17) is 5.73 Å². The number of hydrogen-bond donors (Lipinski definition) is 3. The Morgan fingerprint density at radius 1 is 1.28 bits per heavy atom. The van der Waals surface area contributed by atoms with E-state index < -0.39 is 0 Å². The Hall–Kier alpha value is -1.75. The lowest BCUT2D eigenvalue weighted by molar-refractivity contribution is -0.120. The van der Waals surface area contributed by atoms with Gasteiger partial charge < -0.3 is 16.4 Å². The molecule has 0 fully saturated rings. The Labute approximate surface area is 113 Å². The molecule has 0 saturated carbocycles. The van der Waals surface area contributed by atoms with Crippen molar-refractivity contribution in [2.75, 3.05) is 18.8 Å². The van der Waals surface area contributed by atoms with E-state index in [1.807, 2.05) is 6.92 Å². The van der Waals surface area contributed by atoms with Crippen molar-refractivity contribution in [2.45, 2.75) is 13.3 Å². The first-order valence-electron chi connectivity index (χ1n) is 5.54. The van der Waals surface area contributed by atoms with Gasteiger partial charge in [-0.2, -0.15) is 0 Å². The van der Waals surface area contributed by atoms with Crippen LogP contribution in [0.3, 0.4) is 0 Å². The number of nitrogen functional groups attached to an aromatic ring is 1. The summed E-state index contributed by atoms with van der Waals surface area (Å²) in [6.45, 7) is 2.56. The van der Waals surface area contributed by atoms with Crippen molar-refractivity contribution in [1.82, 2.24) is 10.6 Å². The van der Waals surface area contributed by atoms with Crippen molar-refractivity contribution in [1.29, 1.82) is 0 Å². The maximum Gasteiger partial charge on any atom is 0.251 e. The van der Waals surface area contributed by atoms with Gasteiger partial charge in [-0.3, -0.25) is 9.59 Å². The zero-order valence-electron chi connectivity index (χ0n) is 10.2. The molecule has 0 aliphatic heterocycles. The van der Waals surface area contributed by atoms with E-state index in [0.717, 1.165) is 6.42 Å². The van der Waals surface area contributed by atoms with Crippen molar-refractivity contribution < 1.29 is 9.59 Å². The third kappa shape index (κ3) is 5.54. The smallest absolute Gasteiger partial charge is 0.251 e. The predicted octanol–water partition coefficient (Wildman–Crippen LogP) is 0.947. The van der Waals surface area contributed by atoms with Crippen LogP contribution in [0.2, 0.25) is 0 Å². The average Bonchev–Trinajstić information content (AvgIpc) is 2.33. The van der Waals surface area contributed by atoms with Crippen molar-refractivity contribution in [3.63, 3.8) is 0 Å². The summed E-state index contributed by atoms with van der Waals surface area (Å²) in [5, 5.41) is 5.20. The number of benzene rings is 1. The summed E-state index contributed by atoms with van der Waals surface area (Å²) in [5.41, 5.74) is 6.53. The van der Waals surface area contributed by atoms with Crippen LogP contribution in [0.25, 0.3) is 0 Å². The molecule has 0 spiro atoms. The van der Waals surface area contributed by atoms with Crippen molar-refractivity contribution in [2.24, 2.45) is 0 Å². The lowest BCUT2D eigenvalue weighted by Gasteiger charge is -2.06. The molecule has 2 amide bonds. The van der Waals surface area contributed by atoms with Gasteiger partial charge in [-0.05, 0) is 24.6 Å². The highest BCUT2D eigenvalue weighted by atomic mass is 35.5. The van der Waals surface area contributed by atoms with Gasteiger partial charge in [0.2, 0.25) is 5.91 Å². The molecule has 0 saturated heterocycles. The standard InChI is InChI=1S/C12H17N3O2.ClH/c1-2-6-14-11(16)8-15-12(17)9-4-3-5-10(13)7-9;/h3-5,7H,2,6,8,13H2,1H3,(H,14,16)(H,15,17);1H. The van der Waals surface area contributed by atoms with E-state index in [1.165, 1.54) is 0 Å². The van der Waals surface area contributed by atoms with Gasteiger partial charge in [-0.15, -0.1) is 12.4 Å². The third-order valence-corrected chi connectivity index (χ3v) is 2.13. The molecule has 0 atom stereocenters. The maximum absolute atomic E-state index is 11.6.